The molecule has 24 atom stereocenters. The molecule has 2 aromatic heterocycles. The van der Waals surface area contributed by atoms with Crippen molar-refractivity contribution in [2.75, 3.05) is 85.2 Å². The SMILES string of the molecule is C=C1NC(=O)C(C)=CN1[C@@H]1O[C@H](COP(C)(=O)N[C@@H](C)C(=O)OC(C)C)C(C)(CO)[C@@H]1F.C=C1NC(=O)C(C)=CN1[C@@H]1O[C@H](COP(C)(=O)N[C@@H](C)C(=O)OC(C)C)C(C)(CO)[C@H]1F.C=C1NC(=O)C=CN1[C@@H]1O[C@H](COP(C)(=O)N[C@@H](C)C(=O)OC(C)C)C(C)(CO)[C@H]1F.Cc1nc(N)c2ncn([C@@H]3O[C@H](COP(C)(=O)N[C@@H](C)C(=O)OC(C)C)C(C)(CO)[C@H]3F)c2n1. The van der Waals surface area contributed by atoms with Crippen molar-refractivity contribution in [2.24, 2.45) is 21.7 Å². The monoisotopic (exact) mass is 1920 g/mol. The number of carbonyl (C=O) groups is 7. The van der Waals surface area contributed by atoms with Crippen LogP contribution in [0.3, 0.4) is 0 Å². The number of hydrogen-bond donors (Lipinski definition) is 12. The normalized spacial score (nSPS) is 30.4. The number of hydrogen-bond acceptors (Lipinski definition) is 34. The molecule has 9 heterocycles. The van der Waals surface area contributed by atoms with E-state index in [0.717, 1.165) is 0 Å². The lowest BCUT2D eigenvalue weighted by Crippen LogP contribution is -2.47. The fourth-order valence-electron chi connectivity index (χ4n) is 13.7. The molecule has 0 spiro atoms. The molecule has 7 aliphatic heterocycles. The van der Waals surface area contributed by atoms with Crippen LogP contribution in [-0.2, 0) is 108 Å². The molecule has 7 aliphatic rings. The molecule has 0 bridgehead atoms. The molecule has 9 rings (SSSR count). The van der Waals surface area contributed by atoms with E-state index in [1.165, 1.54) is 132 Å². The zero-order valence-corrected chi connectivity index (χ0v) is 80.5. The Bertz CT molecular complexity index is 4560. The van der Waals surface area contributed by atoms with Crippen molar-refractivity contribution >= 4 is 88.7 Å². The Morgan fingerprint density at radius 1 is 0.481 bits per heavy atom. The Kier molecular flexibility index (Phi) is 38.5. The van der Waals surface area contributed by atoms with Gasteiger partial charge >= 0.3 is 23.9 Å². The molecular formula is C79H129F4N15O27P4. The van der Waals surface area contributed by atoms with Crippen molar-refractivity contribution in [1.82, 2.24) is 70.5 Å². The van der Waals surface area contributed by atoms with Gasteiger partial charge in [0, 0.05) is 62.5 Å². The summed E-state index contributed by atoms with van der Waals surface area (Å²) in [5.74, 6) is -2.50. The van der Waals surface area contributed by atoms with E-state index in [1.54, 1.807) is 76.2 Å². The summed E-state index contributed by atoms with van der Waals surface area (Å²) >= 11 is 0. The number of imidazole rings is 1. The van der Waals surface area contributed by atoms with Gasteiger partial charge in [-0.2, -0.15) is 0 Å². The molecule has 8 unspecified atom stereocenters. The number of aromatic nitrogens is 4. The molecule has 0 radical (unpaired) electrons. The highest BCUT2D eigenvalue weighted by molar-refractivity contribution is 7.57. The number of aryl methyl sites for hydroxylation is 1. The minimum absolute atomic E-state index is 0.127. The minimum Gasteiger partial charge on any atom is -0.462 e. The van der Waals surface area contributed by atoms with Crippen LogP contribution in [0.15, 0.2) is 79.3 Å². The van der Waals surface area contributed by atoms with Crippen LogP contribution in [0.25, 0.3) is 11.2 Å². The van der Waals surface area contributed by atoms with Crippen LogP contribution in [0.2, 0.25) is 0 Å². The average Bonchev–Trinajstić information content (AvgIpc) is 1.62. The van der Waals surface area contributed by atoms with Crippen molar-refractivity contribution in [3.63, 3.8) is 0 Å². The quantitative estimate of drug-likeness (QED) is 0.0156. The first kappa shape index (κ1) is 110. The molecule has 4 fully saturated rings. The summed E-state index contributed by atoms with van der Waals surface area (Å²) in [6.45, 7) is 43.1. The van der Waals surface area contributed by atoms with E-state index in [9.17, 15) is 72.2 Å². The summed E-state index contributed by atoms with van der Waals surface area (Å²) < 4.78 is 180. The number of carbonyl (C=O) groups excluding carboxylic acids is 7. The molecule has 4 saturated heterocycles. The van der Waals surface area contributed by atoms with Gasteiger partial charge in [0.15, 0.2) is 61.1 Å². The van der Waals surface area contributed by atoms with Gasteiger partial charge in [0.25, 0.3) is 47.8 Å². The Morgan fingerprint density at radius 2 is 0.752 bits per heavy atom. The molecule has 3 amide bonds. The molecular weight excluding hydrogens is 1790 g/mol. The number of nitrogens with two attached hydrogens (primary N) is 1. The van der Waals surface area contributed by atoms with Crippen LogP contribution in [0, 0.1) is 28.6 Å². The number of amides is 3. The maximum Gasteiger partial charge on any atom is 0.323 e. The van der Waals surface area contributed by atoms with Gasteiger partial charge in [0.2, 0.25) is 0 Å². The van der Waals surface area contributed by atoms with E-state index >= 15 is 17.6 Å². The number of ether oxygens (including phenoxy) is 8. The molecule has 13 N–H and O–H groups in total. The van der Waals surface area contributed by atoms with Gasteiger partial charge in [0.05, 0.1) is 130 Å². The standard InChI is InChI=1S/C20H32FN6O6P.2C20H33FN3O7P.C19H31FN3O7P/c1-10(2)32-19(29)11(3)26-34(6,30)31-7-13-20(5,8-28)15(21)18(33-13)27-9-23-14-16(22)24-12(4)25-17(14)27;2*1-11(2)30-19(27)13(4)23-32(7,28)29-9-15-20(6,10-25)16(21)18(31-15)24-8-12(3)17(26)22-14(24)5;1-11(2)29-18(26)12(3)22-31(6,27)28-9-14-19(5,10-24)16(20)17(30-14)23-8-7-15(25)21-13(23)4/h9-11,13,15,18,28H,7-8H2,1-6H3,(H,26,30)(H2,22,24,25);2*8,11,13,15-16,18,25H,5,9-10H2,1-4,6-7H3,(H,22,26)(H,23,28);7-8,11-12,14,16-17,24H,4,9-10H2,1-3,5-6H3,(H,21,25)(H,22,27)/t11-,13+,15-,18+,20?,34?;13-,15+,16+,18+,20?,32?;13-,15+,16-,18+,20?,32?;12-,14+,16-,17+,19?,31?/m0000/s1. The maximum atomic E-state index is 15.6. The van der Waals surface area contributed by atoms with Gasteiger partial charge in [-0.05, 0) is 104 Å². The number of fused-ring (bicyclic) bond motifs is 1. The van der Waals surface area contributed by atoms with Crippen LogP contribution in [0.5, 0.6) is 0 Å². The first-order valence-electron chi connectivity index (χ1n) is 41.3. The van der Waals surface area contributed by atoms with E-state index in [-0.39, 0.29) is 85.9 Å². The zero-order valence-electron chi connectivity index (χ0n) is 76.9. The summed E-state index contributed by atoms with van der Waals surface area (Å²) in [5.41, 5.74) is 1.66. The summed E-state index contributed by atoms with van der Waals surface area (Å²) in [6, 6.07) is -3.56. The van der Waals surface area contributed by atoms with Gasteiger partial charge in [-0.15, -0.1) is 0 Å². The number of anilines is 1. The Hall–Kier alpha value is -7.52. The van der Waals surface area contributed by atoms with Gasteiger partial charge < -0.3 is 113 Å². The van der Waals surface area contributed by atoms with Crippen molar-refractivity contribution in [1.29, 1.82) is 0 Å². The zero-order chi connectivity index (χ0) is 97.8. The Balaban J connectivity index is 0.000000265. The molecule has 730 valence electrons. The van der Waals surface area contributed by atoms with Gasteiger partial charge in [-0.3, -0.25) is 56.4 Å². The summed E-state index contributed by atoms with van der Waals surface area (Å²) in [5, 5.41) is 57.7. The van der Waals surface area contributed by atoms with Gasteiger partial charge in [-0.25, -0.2) is 52.9 Å². The molecule has 42 nitrogen and oxygen atoms in total. The number of rotatable bonds is 36. The number of nitrogens with one attached hydrogen (secondary N) is 7. The molecule has 129 heavy (non-hydrogen) atoms. The van der Waals surface area contributed by atoms with E-state index < -0.39 is 206 Å². The lowest BCUT2D eigenvalue weighted by Gasteiger charge is -2.34. The van der Waals surface area contributed by atoms with Crippen molar-refractivity contribution < 1.29 is 146 Å². The highest BCUT2D eigenvalue weighted by Gasteiger charge is 2.61. The second kappa shape index (κ2) is 45.0. The average molecular weight is 1920 g/mol. The van der Waals surface area contributed by atoms with Gasteiger partial charge in [0.1, 0.15) is 53.0 Å². The third-order valence-corrected chi connectivity index (χ3v) is 27.6. The molecule has 0 saturated carbocycles. The van der Waals surface area contributed by atoms with E-state index in [4.69, 9.17) is 61.7 Å². The number of nitrogens with zero attached hydrogens (tertiary/aromatic N) is 7. The summed E-state index contributed by atoms with van der Waals surface area (Å²) in [4.78, 5) is 99.4. The van der Waals surface area contributed by atoms with Crippen molar-refractivity contribution in [3.05, 3.63) is 85.2 Å². The fraction of sp³-hybridized carbons (Fsp3) is 0.696. The van der Waals surface area contributed by atoms with Crippen LogP contribution in [-0.4, -0.2) is 292 Å². The highest BCUT2D eigenvalue weighted by Crippen LogP contribution is 2.52. The topological polar surface area (TPSA) is 543 Å². The van der Waals surface area contributed by atoms with E-state index in [1.807, 2.05) is 0 Å². The Morgan fingerprint density at radius 3 is 1.03 bits per heavy atom. The number of nitrogen functional groups attached to an aromatic ring is 1. The summed E-state index contributed by atoms with van der Waals surface area (Å²) in [7, 11) is -14.0. The predicted octanol–water partition coefficient (Wildman–Crippen LogP) is 6.20. The second-order valence-corrected chi connectivity index (χ2v) is 43.4. The lowest BCUT2D eigenvalue weighted by molar-refractivity contribution is -0.149. The first-order chi connectivity index (χ1) is 59.5. The maximum absolute atomic E-state index is 15.6. The van der Waals surface area contributed by atoms with Gasteiger partial charge in [-0.1, -0.05) is 47.4 Å². The minimum atomic E-state index is -3.51. The molecule has 0 aliphatic carbocycles. The van der Waals surface area contributed by atoms with E-state index in [2.05, 4.69) is 71.0 Å². The fourth-order valence-corrected chi connectivity index (χ4v) is 18.9. The molecule has 0 aromatic carbocycles. The van der Waals surface area contributed by atoms with Crippen molar-refractivity contribution in [3.8, 4) is 0 Å². The van der Waals surface area contributed by atoms with Crippen LogP contribution >= 0.6 is 30.1 Å². The number of halogens is 4. The molecule has 50 heteroatoms. The number of aliphatic hydroxyl groups is 4. The lowest BCUT2D eigenvalue weighted by atomic mass is 9.82. The third-order valence-electron chi connectivity index (χ3n) is 21.6. The second-order valence-electron chi connectivity index (χ2n) is 34.6. The predicted molar refractivity (Wildman–Crippen MR) is 462 cm³/mol. The van der Waals surface area contributed by atoms with E-state index in [0.29, 0.717) is 28.1 Å². The molecule has 2 aromatic rings. The Labute approximate surface area is 748 Å². The number of aliphatic hydroxyl groups excluding tert-OH is 4. The first-order valence-corrected chi connectivity index (χ1v) is 49.6. The third kappa shape index (κ3) is 27.8. The van der Waals surface area contributed by atoms with Crippen LogP contribution in [0.1, 0.15) is 137 Å². The summed E-state index contributed by atoms with van der Waals surface area (Å²) in [6.07, 6.45) is -9.90. The van der Waals surface area contributed by atoms with Crippen LogP contribution in [0.4, 0.5) is 23.4 Å². The number of esters is 4. The van der Waals surface area contributed by atoms with Crippen molar-refractivity contribution in [2.45, 2.75) is 254 Å². The largest absolute Gasteiger partial charge is 0.462 e. The van der Waals surface area contributed by atoms with Crippen LogP contribution < -0.4 is 42.0 Å². The smallest absolute Gasteiger partial charge is 0.323 e. The number of alkyl halides is 4. The highest BCUT2D eigenvalue weighted by atomic mass is 31.2.